The van der Waals surface area contributed by atoms with E-state index in [0.717, 1.165) is 25.9 Å². The van der Waals surface area contributed by atoms with Crippen LogP contribution in [-0.4, -0.2) is 61.6 Å². The van der Waals surface area contributed by atoms with Gasteiger partial charge in [-0.15, -0.1) is 24.0 Å². The highest BCUT2D eigenvalue weighted by Gasteiger charge is 2.41. The molecule has 0 bridgehead atoms. The van der Waals surface area contributed by atoms with E-state index in [9.17, 15) is 0 Å². The quantitative estimate of drug-likeness (QED) is 0.370. The lowest BCUT2D eigenvalue weighted by Crippen LogP contribution is -2.40. The normalized spacial score (nSPS) is 30.2. The molecular formula is C18H35IN4O2. The van der Waals surface area contributed by atoms with E-state index in [-0.39, 0.29) is 35.9 Å². The molecule has 1 aliphatic carbocycles. The fourth-order valence-corrected chi connectivity index (χ4v) is 4.24. The van der Waals surface area contributed by atoms with E-state index >= 15 is 0 Å². The molecule has 3 rings (SSSR count). The summed E-state index contributed by atoms with van der Waals surface area (Å²) in [7, 11) is 0. The van der Waals surface area contributed by atoms with Crippen molar-refractivity contribution in [2.75, 3.05) is 32.8 Å². The maximum absolute atomic E-state index is 6.23. The number of hydrogen-bond donors (Lipinski definition) is 2. The number of aliphatic imine (C=N–C) groups is 1. The summed E-state index contributed by atoms with van der Waals surface area (Å²) in [6.07, 6.45) is 9.65. The minimum Gasteiger partial charge on any atom is -0.370 e. The SMILES string of the molecule is CCN1CCCC1CN=C(N)NCC1COC2(CCCCCC2)O1.I. The number of nitrogens with one attached hydrogen (secondary N) is 1. The molecule has 0 radical (unpaired) electrons. The zero-order valence-electron chi connectivity index (χ0n) is 15.5. The van der Waals surface area contributed by atoms with Crippen molar-refractivity contribution in [2.24, 2.45) is 10.7 Å². The predicted octanol–water partition coefficient (Wildman–Crippen LogP) is 2.46. The topological polar surface area (TPSA) is 72.1 Å². The molecule has 0 aromatic heterocycles. The van der Waals surface area contributed by atoms with Gasteiger partial charge in [0.1, 0.15) is 6.10 Å². The summed E-state index contributed by atoms with van der Waals surface area (Å²) in [4.78, 5) is 7.02. The first-order chi connectivity index (χ1) is 11.7. The summed E-state index contributed by atoms with van der Waals surface area (Å²) in [6.45, 7) is 6.64. The van der Waals surface area contributed by atoms with Gasteiger partial charge in [0.2, 0.25) is 0 Å². The van der Waals surface area contributed by atoms with Crippen molar-refractivity contribution in [1.82, 2.24) is 10.2 Å². The van der Waals surface area contributed by atoms with Gasteiger partial charge in [-0.05, 0) is 38.8 Å². The lowest BCUT2D eigenvalue weighted by Gasteiger charge is -2.26. The third-order valence-corrected chi connectivity index (χ3v) is 5.67. The molecule has 2 atom stereocenters. The molecule has 0 aromatic rings. The van der Waals surface area contributed by atoms with Gasteiger partial charge in [-0.1, -0.05) is 19.8 Å². The van der Waals surface area contributed by atoms with Crippen LogP contribution in [0, 0.1) is 0 Å². The fraction of sp³-hybridized carbons (Fsp3) is 0.944. The number of nitrogens with zero attached hydrogens (tertiary/aromatic N) is 2. The molecule has 3 fully saturated rings. The van der Waals surface area contributed by atoms with Crippen LogP contribution in [0.4, 0.5) is 0 Å². The second kappa shape index (κ2) is 10.3. The summed E-state index contributed by atoms with van der Waals surface area (Å²) >= 11 is 0. The number of halogens is 1. The van der Waals surface area contributed by atoms with E-state index in [2.05, 4.69) is 22.1 Å². The summed E-state index contributed by atoms with van der Waals surface area (Å²) < 4.78 is 12.3. The lowest BCUT2D eigenvalue weighted by molar-refractivity contribution is -0.175. The Morgan fingerprint density at radius 2 is 2.00 bits per heavy atom. The van der Waals surface area contributed by atoms with E-state index in [1.165, 1.54) is 45.1 Å². The number of likely N-dealkylation sites (N-methyl/N-ethyl adjacent to an activating group) is 1. The van der Waals surface area contributed by atoms with E-state index in [1.807, 2.05) is 0 Å². The molecule has 2 heterocycles. The minimum absolute atomic E-state index is 0. The summed E-state index contributed by atoms with van der Waals surface area (Å²) in [5, 5.41) is 3.22. The van der Waals surface area contributed by atoms with Gasteiger partial charge in [-0.2, -0.15) is 0 Å². The lowest BCUT2D eigenvalue weighted by atomic mass is 10.1. The first kappa shape index (κ1) is 21.2. The van der Waals surface area contributed by atoms with Crippen LogP contribution in [0.2, 0.25) is 0 Å². The maximum Gasteiger partial charge on any atom is 0.188 e. The van der Waals surface area contributed by atoms with Crippen LogP contribution in [-0.2, 0) is 9.47 Å². The Morgan fingerprint density at radius 3 is 2.72 bits per heavy atom. The first-order valence-corrected chi connectivity index (χ1v) is 9.80. The molecule has 1 spiro atoms. The van der Waals surface area contributed by atoms with Crippen LogP contribution in [0.15, 0.2) is 4.99 Å². The highest BCUT2D eigenvalue weighted by molar-refractivity contribution is 14.0. The van der Waals surface area contributed by atoms with Crippen LogP contribution < -0.4 is 11.1 Å². The van der Waals surface area contributed by atoms with Crippen LogP contribution in [0.1, 0.15) is 58.3 Å². The third kappa shape index (κ3) is 5.94. The van der Waals surface area contributed by atoms with Crippen molar-refractivity contribution in [3.8, 4) is 0 Å². The van der Waals surface area contributed by atoms with Gasteiger partial charge < -0.3 is 20.5 Å². The van der Waals surface area contributed by atoms with Crippen molar-refractivity contribution >= 4 is 29.9 Å². The number of nitrogens with two attached hydrogens (primary N) is 1. The largest absolute Gasteiger partial charge is 0.370 e. The minimum atomic E-state index is -0.319. The van der Waals surface area contributed by atoms with E-state index in [1.54, 1.807) is 0 Å². The van der Waals surface area contributed by atoms with Gasteiger partial charge in [0.05, 0.1) is 13.2 Å². The van der Waals surface area contributed by atoms with Gasteiger partial charge in [0.15, 0.2) is 11.7 Å². The van der Waals surface area contributed by atoms with Crippen LogP contribution in [0.3, 0.4) is 0 Å². The molecule has 25 heavy (non-hydrogen) atoms. The Kier molecular flexibility index (Phi) is 8.71. The standard InChI is InChI=1S/C18H34N4O2.HI/c1-2-22-11-7-8-15(22)12-20-17(19)21-13-16-14-23-18(24-16)9-5-3-4-6-10-18;/h15-16H,2-14H2,1H3,(H3,19,20,21);1H. The van der Waals surface area contributed by atoms with E-state index in [0.29, 0.717) is 25.2 Å². The summed E-state index contributed by atoms with van der Waals surface area (Å²) in [5.74, 6) is 0.212. The molecule has 2 aliphatic heterocycles. The highest BCUT2D eigenvalue weighted by Crippen LogP contribution is 2.36. The molecule has 2 unspecified atom stereocenters. The molecule has 3 aliphatic rings. The Morgan fingerprint density at radius 1 is 1.24 bits per heavy atom. The zero-order chi connectivity index (χ0) is 16.8. The van der Waals surface area contributed by atoms with Crippen molar-refractivity contribution < 1.29 is 9.47 Å². The first-order valence-electron chi connectivity index (χ1n) is 9.80. The second-order valence-corrected chi connectivity index (χ2v) is 7.41. The van der Waals surface area contributed by atoms with Gasteiger partial charge in [-0.25, -0.2) is 0 Å². The van der Waals surface area contributed by atoms with Crippen molar-refractivity contribution in [2.45, 2.75) is 76.2 Å². The number of rotatable bonds is 5. The van der Waals surface area contributed by atoms with Crippen molar-refractivity contribution in [3.05, 3.63) is 0 Å². The third-order valence-electron chi connectivity index (χ3n) is 5.67. The average Bonchev–Trinajstić information content (AvgIpc) is 3.14. The van der Waals surface area contributed by atoms with Crippen molar-refractivity contribution in [3.63, 3.8) is 0 Å². The van der Waals surface area contributed by atoms with Crippen molar-refractivity contribution in [1.29, 1.82) is 0 Å². The molecule has 6 nitrogen and oxygen atoms in total. The molecule has 2 saturated heterocycles. The van der Waals surface area contributed by atoms with Gasteiger partial charge >= 0.3 is 0 Å². The monoisotopic (exact) mass is 466 g/mol. The van der Waals surface area contributed by atoms with E-state index in [4.69, 9.17) is 15.2 Å². The molecule has 1 saturated carbocycles. The van der Waals surface area contributed by atoms with Gasteiger partial charge in [-0.3, -0.25) is 9.89 Å². The molecule has 0 aromatic carbocycles. The Bertz CT molecular complexity index is 427. The van der Waals surface area contributed by atoms with Crippen LogP contribution >= 0.6 is 24.0 Å². The number of likely N-dealkylation sites (tertiary alicyclic amines) is 1. The molecule has 7 heteroatoms. The molecule has 0 amide bonds. The average molecular weight is 466 g/mol. The smallest absolute Gasteiger partial charge is 0.188 e. The van der Waals surface area contributed by atoms with Crippen LogP contribution in [0.5, 0.6) is 0 Å². The predicted molar refractivity (Wildman–Crippen MR) is 111 cm³/mol. The second-order valence-electron chi connectivity index (χ2n) is 7.41. The molecule has 146 valence electrons. The fourth-order valence-electron chi connectivity index (χ4n) is 4.24. The summed E-state index contributed by atoms with van der Waals surface area (Å²) in [6, 6.07) is 0.552. The highest BCUT2D eigenvalue weighted by atomic mass is 127. The number of ether oxygens (including phenoxy) is 2. The van der Waals surface area contributed by atoms with E-state index < -0.39 is 0 Å². The Hall–Kier alpha value is -0.120. The summed E-state index contributed by atoms with van der Waals surface area (Å²) in [5.41, 5.74) is 6.04. The number of guanidine groups is 1. The van der Waals surface area contributed by atoms with Gasteiger partial charge in [0.25, 0.3) is 0 Å². The Balaban J connectivity index is 0.00000225. The zero-order valence-corrected chi connectivity index (χ0v) is 17.9. The Labute approximate surface area is 169 Å². The number of hydrogen-bond acceptors (Lipinski definition) is 4. The maximum atomic E-state index is 6.23. The van der Waals surface area contributed by atoms with Crippen LogP contribution in [0.25, 0.3) is 0 Å². The molecule has 3 N–H and O–H groups in total. The van der Waals surface area contributed by atoms with Gasteiger partial charge in [0, 0.05) is 25.4 Å². The molecular weight excluding hydrogens is 431 g/mol.